The van der Waals surface area contributed by atoms with Crippen molar-refractivity contribution < 1.29 is 4.74 Å². The quantitative estimate of drug-likeness (QED) is 0.889. The number of benzene rings is 1. The molecule has 1 saturated heterocycles. The van der Waals surface area contributed by atoms with Crippen molar-refractivity contribution >= 4 is 35.6 Å². The van der Waals surface area contributed by atoms with Crippen molar-refractivity contribution in [2.45, 2.75) is 18.9 Å². The summed E-state index contributed by atoms with van der Waals surface area (Å²) in [5.74, 6) is 0.702. The molecule has 1 atom stereocenters. The van der Waals surface area contributed by atoms with Crippen molar-refractivity contribution in [3.63, 3.8) is 0 Å². The van der Waals surface area contributed by atoms with E-state index in [1.54, 1.807) is 12.1 Å². The summed E-state index contributed by atoms with van der Waals surface area (Å²) in [5, 5.41) is 4.54. The molecule has 3 nitrogen and oxygen atoms in total. The van der Waals surface area contributed by atoms with Crippen molar-refractivity contribution in [1.82, 2.24) is 10.2 Å². The Labute approximate surface area is 137 Å². The first kappa shape index (κ1) is 17.9. The average Bonchev–Trinajstić information content (AvgIpc) is 2.41. The minimum atomic E-state index is 0. The Morgan fingerprint density at radius 3 is 2.90 bits per heavy atom. The summed E-state index contributed by atoms with van der Waals surface area (Å²) in [6.07, 6.45) is 2.50. The summed E-state index contributed by atoms with van der Waals surface area (Å²) in [6.45, 7) is 3.82. The molecule has 0 saturated carbocycles. The molecule has 1 aromatic carbocycles. The molecule has 1 aliphatic rings. The van der Waals surface area contributed by atoms with Gasteiger partial charge in [-0.2, -0.15) is 0 Å². The van der Waals surface area contributed by atoms with Gasteiger partial charge in [0.15, 0.2) is 0 Å². The van der Waals surface area contributed by atoms with Crippen LogP contribution in [-0.2, 0) is 0 Å². The lowest BCUT2D eigenvalue weighted by Gasteiger charge is -2.32. The Bertz CT molecular complexity index is 417. The molecule has 1 N–H and O–H groups in total. The van der Waals surface area contributed by atoms with Crippen molar-refractivity contribution in [3.8, 4) is 5.75 Å². The van der Waals surface area contributed by atoms with Crippen LogP contribution in [0, 0.1) is 0 Å². The summed E-state index contributed by atoms with van der Waals surface area (Å²) in [4.78, 5) is 2.43. The number of rotatable bonds is 5. The van der Waals surface area contributed by atoms with Gasteiger partial charge < -0.3 is 10.1 Å². The van der Waals surface area contributed by atoms with E-state index in [-0.39, 0.29) is 12.4 Å². The van der Waals surface area contributed by atoms with E-state index in [9.17, 15) is 0 Å². The van der Waals surface area contributed by atoms with Crippen LogP contribution in [0.4, 0.5) is 0 Å². The molecule has 0 spiro atoms. The second-order valence-corrected chi connectivity index (χ2v) is 5.70. The number of likely N-dealkylation sites (tertiary alicyclic amines) is 1. The van der Waals surface area contributed by atoms with Gasteiger partial charge >= 0.3 is 0 Å². The Kier molecular flexibility index (Phi) is 8.00. The van der Waals surface area contributed by atoms with Gasteiger partial charge in [-0.25, -0.2) is 0 Å². The molecule has 20 heavy (non-hydrogen) atoms. The normalized spacial score (nSPS) is 19.4. The lowest BCUT2D eigenvalue weighted by atomic mass is 10.1. The number of ether oxygens (including phenoxy) is 1. The van der Waals surface area contributed by atoms with Crippen molar-refractivity contribution in [2.75, 3.05) is 33.3 Å². The molecule has 1 aliphatic heterocycles. The number of likely N-dealkylation sites (N-methyl/N-ethyl adjacent to an activating group) is 1. The van der Waals surface area contributed by atoms with Gasteiger partial charge in [0, 0.05) is 24.2 Å². The van der Waals surface area contributed by atoms with Crippen LogP contribution in [0.3, 0.4) is 0 Å². The smallest absolute Gasteiger partial charge is 0.138 e. The van der Waals surface area contributed by atoms with Crippen LogP contribution >= 0.6 is 35.6 Å². The van der Waals surface area contributed by atoms with E-state index in [4.69, 9.17) is 27.9 Å². The van der Waals surface area contributed by atoms with Crippen molar-refractivity contribution in [2.24, 2.45) is 0 Å². The molecule has 114 valence electrons. The third kappa shape index (κ3) is 5.30. The summed E-state index contributed by atoms with van der Waals surface area (Å²) in [7, 11) is 2.03. The maximum atomic E-state index is 6.06. The van der Waals surface area contributed by atoms with Crippen LogP contribution in [0.1, 0.15) is 12.8 Å². The topological polar surface area (TPSA) is 24.5 Å². The fourth-order valence-corrected chi connectivity index (χ4v) is 2.83. The SMILES string of the molecule is CNC1CCCN(CCOc2ccc(Cl)cc2Cl)C1.Cl. The second kappa shape index (κ2) is 8.96. The van der Waals surface area contributed by atoms with Crippen LogP contribution < -0.4 is 10.1 Å². The van der Waals surface area contributed by atoms with Gasteiger partial charge in [-0.1, -0.05) is 23.2 Å². The Hall–Kier alpha value is -0.190. The molecule has 1 aromatic rings. The first-order valence-corrected chi connectivity index (χ1v) is 7.42. The number of hydrogen-bond acceptors (Lipinski definition) is 3. The minimum absolute atomic E-state index is 0. The van der Waals surface area contributed by atoms with E-state index >= 15 is 0 Å². The molecular formula is C14H21Cl3N2O. The first-order chi connectivity index (χ1) is 9.19. The highest BCUT2D eigenvalue weighted by Gasteiger charge is 2.17. The van der Waals surface area contributed by atoms with Crippen LogP contribution in [-0.4, -0.2) is 44.2 Å². The largest absolute Gasteiger partial charge is 0.491 e. The molecule has 1 heterocycles. The lowest BCUT2D eigenvalue weighted by Crippen LogP contribution is -2.45. The van der Waals surface area contributed by atoms with Crippen molar-refractivity contribution in [1.29, 1.82) is 0 Å². The zero-order valence-electron chi connectivity index (χ0n) is 11.6. The molecule has 0 radical (unpaired) electrons. The highest BCUT2D eigenvalue weighted by Crippen LogP contribution is 2.27. The number of piperidine rings is 1. The maximum absolute atomic E-state index is 6.06. The van der Waals surface area contributed by atoms with E-state index < -0.39 is 0 Å². The van der Waals surface area contributed by atoms with E-state index in [1.165, 1.54) is 12.8 Å². The standard InChI is InChI=1S/C14H20Cl2N2O.ClH/c1-17-12-3-2-6-18(10-12)7-8-19-14-5-4-11(15)9-13(14)16;/h4-5,9,12,17H,2-3,6-8,10H2,1H3;1H. The summed E-state index contributed by atoms with van der Waals surface area (Å²) in [5.41, 5.74) is 0. The molecule has 2 rings (SSSR count). The van der Waals surface area contributed by atoms with Gasteiger partial charge in [-0.3, -0.25) is 4.90 Å². The number of hydrogen-bond donors (Lipinski definition) is 1. The Morgan fingerprint density at radius 1 is 1.40 bits per heavy atom. The van der Waals surface area contributed by atoms with Crippen LogP contribution in [0.2, 0.25) is 10.0 Å². The molecular weight excluding hydrogens is 319 g/mol. The fourth-order valence-electron chi connectivity index (χ4n) is 2.37. The maximum Gasteiger partial charge on any atom is 0.138 e. The van der Waals surface area contributed by atoms with Gasteiger partial charge in [0.1, 0.15) is 12.4 Å². The molecule has 1 fully saturated rings. The van der Waals surface area contributed by atoms with Crippen LogP contribution in [0.15, 0.2) is 18.2 Å². The van der Waals surface area contributed by atoms with E-state index in [0.717, 1.165) is 19.6 Å². The molecule has 1 unspecified atom stereocenters. The number of halogens is 3. The summed E-state index contributed by atoms with van der Waals surface area (Å²) >= 11 is 11.9. The van der Waals surface area contributed by atoms with Crippen molar-refractivity contribution in [3.05, 3.63) is 28.2 Å². The predicted octanol–water partition coefficient (Wildman–Crippen LogP) is 3.48. The van der Waals surface area contributed by atoms with E-state index in [0.29, 0.717) is 28.4 Å². The molecule has 6 heteroatoms. The van der Waals surface area contributed by atoms with E-state index in [2.05, 4.69) is 10.2 Å². The number of nitrogens with one attached hydrogen (secondary N) is 1. The average molecular weight is 340 g/mol. The zero-order valence-corrected chi connectivity index (χ0v) is 13.9. The van der Waals surface area contributed by atoms with Crippen LogP contribution in [0.25, 0.3) is 0 Å². The van der Waals surface area contributed by atoms with Crippen LogP contribution in [0.5, 0.6) is 5.75 Å². The second-order valence-electron chi connectivity index (χ2n) is 4.85. The molecule has 0 bridgehead atoms. The Morgan fingerprint density at radius 2 is 2.20 bits per heavy atom. The summed E-state index contributed by atoms with van der Waals surface area (Å²) < 4.78 is 5.71. The highest BCUT2D eigenvalue weighted by atomic mass is 35.5. The first-order valence-electron chi connectivity index (χ1n) is 6.66. The predicted molar refractivity (Wildman–Crippen MR) is 87.7 cm³/mol. The monoisotopic (exact) mass is 338 g/mol. The van der Waals surface area contributed by atoms with E-state index in [1.807, 2.05) is 13.1 Å². The summed E-state index contributed by atoms with van der Waals surface area (Å²) in [6, 6.07) is 5.92. The molecule has 0 amide bonds. The van der Waals surface area contributed by atoms with Gasteiger partial charge in [-0.15, -0.1) is 12.4 Å². The molecule has 0 aromatic heterocycles. The zero-order chi connectivity index (χ0) is 13.7. The Balaban J connectivity index is 0.00000200. The highest BCUT2D eigenvalue weighted by molar-refractivity contribution is 6.35. The minimum Gasteiger partial charge on any atom is -0.491 e. The van der Waals surface area contributed by atoms with Gasteiger partial charge in [0.05, 0.1) is 5.02 Å². The third-order valence-electron chi connectivity index (χ3n) is 3.47. The van der Waals surface area contributed by atoms with Gasteiger partial charge in [0.2, 0.25) is 0 Å². The number of nitrogens with zero attached hydrogens (tertiary/aromatic N) is 1. The molecule has 0 aliphatic carbocycles. The van der Waals surface area contributed by atoms with Gasteiger partial charge in [-0.05, 0) is 44.6 Å². The third-order valence-corrected chi connectivity index (χ3v) is 4.00. The van der Waals surface area contributed by atoms with Gasteiger partial charge in [0.25, 0.3) is 0 Å². The lowest BCUT2D eigenvalue weighted by molar-refractivity contribution is 0.162. The fraction of sp³-hybridized carbons (Fsp3) is 0.571.